The Morgan fingerprint density at radius 2 is 2.00 bits per heavy atom. The highest BCUT2D eigenvalue weighted by Gasteiger charge is 2.89. The molecular formula is C28H37O10P. The van der Waals surface area contributed by atoms with E-state index in [9.17, 15) is 30.0 Å². The number of furan rings is 1. The number of methoxy groups -OCH3 is 1. The molecule has 10 nitrogen and oxygen atoms in total. The minimum atomic E-state index is -2.25. The molecule has 6 rings (SSSR count). The molecule has 11 unspecified atom stereocenters. The first kappa shape index (κ1) is 27.2. The van der Waals surface area contributed by atoms with Crippen LogP contribution in [0.5, 0.6) is 0 Å². The van der Waals surface area contributed by atoms with Crippen LogP contribution in [0.1, 0.15) is 65.0 Å². The zero-order chi connectivity index (χ0) is 28.3. The van der Waals surface area contributed by atoms with Crippen LogP contribution in [0.25, 0.3) is 0 Å². The molecule has 214 valence electrons. The summed E-state index contributed by atoms with van der Waals surface area (Å²) in [5.74, 6) is -2.20. The van der Waals surface area contributed by atoms with Crippen LogP contribution in [0.15, 0.2) is 34.1 Å². The zero-order valence-corrected chi connectivity index (χ0v) is 23.7. The van der Waals surface area contributed by atoms with Crippen LogP contribution in [0, 0.1) is 22.7 Å². The van der Waals surface area contributed by atoms with Crippen molar-refractivity contribution in [3.05, 3.63) is 35.2 Å². The average molecular weight is 565 g/mol. The number of esters is 2. The third-order valence-electron chi connectivity index (χ3n) is 11.0. The van der Waals surface area contributed by atoms with Crippen LogP contribution in [0.3, 0.4) is 0 Å². The highest BCUT2D eigenvalue weighted by molar-refractivity contribution is 7.64. The lowest BCUT2D eigenvalue weighted by atomic mass is 9.59. The van der Waals surface area contributed by atoms with E-state index >= 15 is 0 Å². The average Bonchev–Trinajstić information content (AvgIpc) is 3.52. The maximum Gasteiger partial charge on any atom is 0.307 e. The predicted molar refractivity (Wildman–Crippen MR) is 138 cm³/mol. The molecule has 5 aliphatic rings. The first-order chi connectivity index (χ1) is 18.2. The van der Waals surface area contributed by atoms with Gasteiger partial charge in [-0.1, -0.05) is 28.7 Å². The van der Waals surface area contributed by atoms with Gasteiger partial charge in [-0.25, -0.2) is 0 Å². The van der Waals surface area contributed by atoms with Gasteiger partial charge in [0, 0.05) is 33.9 Å². The Balaban J connectivity index is 1.59. The summed E-state index contributed by atoms with van der Waals surface area (Å²) in [6.07, 6.45) is 1.04. The molecular weight excluding hydrogens is 527 g/mol. The van der Waals surface area contributed by atoms with Gasteiger partial charge in [0.1, 0.15) is 17.5 Å². The minimum Gasteiger partial charge on any atom is -0.509 e. The molecule has 4 heterocycles. The molecule has 1 aromatic heterocycles. The zero-order valence-electron chi connectivity index (χ0n) is 22.8. The quantitative estimate of drug-likeness (QED) is 0.238. The molecule has 4 N–H and O–H groups in total. The van der Waals surface area contributed by atoms with Gasteiger partial charge in [-0.2, -0.15) is 0 Å². The molecule has 0 spiro atoms. The summed E-state index contributed by atoms with van der Waals surface area (Å²) in [6.45, 7) is 7.23. The van der Waals surface area contributed by atoms with Gasteiger partial charge in [-0.05, 0) is 43.2 Å². The van der Waals surface area contributed by atoms with Crippen molar-refractivity contribution in [1.82, 2.24) is 0 Å². The molecule has 0 aromatic carbocycles. The Labute approximate surface area is 228 Å². The van der Waals surface area contributed by atoms with E-state index in [-0.39, 0.29) is 25.0 Å². The Kier molecular flexibility index (Phi) is 5.78. The number of cyclic esters (lactones) is 1. The van der Waals surface area contributed by atoms with Crippen molar-refractivity contribution in [2.24, 2.45) is 22.7 Å². The normalized spacial score (nSPS) is 48.8. The van der Waals surface area contributed by atoms with E-state index in [1.54, 1.807) is 12.3 Å². The second kappa shape index (κ2) is 8.29. The molecule has 11 heteroatoms. The summed E-state index contributed by atoms with van der Waals surface area (Å²) in [4.78, 5) is 25.8. The van der Waals surface area contributed by atoms with Crippen molar-refractivity contribution in [3.63, 3.8) is 0 Å². The number of rotatable bonds is 5. The van der Waals surface area contributed by atoms with Crippen molar-refractivity contribution in [1.29, 1.82) is 0 Å². The minimum absolute atomic E-state index is 0.00846. The van der Waals surface area contributed by atoms with E-state index in [2.05, 4.69) is 0 Å². The molecule has 4 fully saturated rings. The largest absolute Gasteiger partial charge is 0.509 e. The predicted octanol–water partition coefficient (Wildman–Crippen LogP) is 3.11. The fraction of sp³-hybridized carbons (Fsp3) is 0.714. The fourth-order valence-corrected chi connectivity index (χ4v) is 13.9. The van der Waals surface area contributed by atoms with Gasteiger partial charge in [0.2, 0.25) is 0 Å². The van der Waals surface area contributed by atoms with Crippen molar-refractivity contribution >= 4 is 19.9 Å². The van der Waals surface area contributed by atoms with E-state index in [1.807, 2.05) is 20.8 Å². The number of aliphatic hydroxyl groups excluding tert-OH is 3. The third kappa shape index (κ3) is 3.00. The summed E-state index contributed by atoms with van der Waals surface area (Å²) in [6, 6.07) is 1.76. The molecule has 2 aliphatic carbocycles. The van der Waals surface area contributed by atoms with E-state index in [1.165, 1.54) is 20.3 Å². The van der Waals surface area contributed by atoms with Gasteiger partial charge in [0.15, 0.2) is 11.9 Å². The highest BCUT2D eigenvalue weighted by atomic mass is 31.1. The monoisotopic (exact) mass is 564 g/mol. The van der Waals surface area contributed by atoms with Gasteiger partial charge in [-0.3, -0.25) is 9.59 Å². The van der Waals surface area contributed by atoms with Crippen LogP contribution < -0.4 is 0 Å². The maximum absolute atomic E-state index is 13.0. The Morgan fingerprint density at radius 1 is 1.28 bits per heavy atom. The van der Waals surface area contributed by atoms with Crippen molar-refractivity contribution in [2.45, 2.75) is 88.2 Å². The summed E-state index contributed by atoms with van der Waals surface area (Å²) >= 11 is 0. The first-order valence-electron chi connectivity index (χ1n) is 13.5. The molecule has 11 atom stereocenters. The molecule has 0 amide bonds. The number of carbonyl (C=O) groups is 2. The number of aliphatic hydroxyl groups is 4. The summed E-state index contributed by atoms with van der Waals surface area (Å²) in [7, 11) is -0.0150. The maximum atomic E-state index is 13.0. The smallest absolute Gasteiger partial charge is 0.307 e. The van der Waals surface area contributed by atoms with E-state index in [4.69, 9.17) is 18.6 Å². The SMILES string of the molecule is COC(=O)CC1C2(C)CC3(OC(C)O)C(O)(C(O)=C4C5CC(=O)OC(c6ccoc6)C5(C)CCP4C13C)C2O. The number of carbonyl (C=O) groups excluding carboxylic acids is 2. The van der Waals surface area contributed by atoms with Gasteiger partial charge in [-0.15, -0.1) is 0 Å². The molecule has 2 saturated heterocycles. The van der Waals surface area contributed by atoms with Gasteiger partial charge < -0.3 is 39.1 Å². The highest BCUT2D eigenvalue weighted by Crippen LogP contribution is 2.87. The Bertz CT molecular complexity index is 1240. The third-order valence-corrected chi connectivity index (χ3v) is 14.6. The molecule has 39 heavy (non-hydrogen) atoms. The van der Waals surface area contributed by atoms with Gasteiger partial charge in [0.25, 0.3) is 0 Å². The second-order valence-corrected chi connectivity index (χ2v) is 15.4. The van der Waals surface area contributed by atoms with Crippen LogP contribution in [0.4, 0.5) is 0 Å². The van der Waals surface area contributed by atoms with Gasteiger partial charge in [0.05, 0.1) is 32.2 Å². The number of allylic oxidation sites excluding steroid dienone is 1. The number of ether oxygens (including phenoxy) is 3. The topological polar surface area (TPSA) is 156 Å². The van der Waals surface area contributed by atoms with Gasteiger partial charge >= 0.3 is 11.9 Å². The molecule has 3 aliphatic heterocycles. The lowest BCUT2D eigenvalue weighted by Gasteiger charge is -2.67. The van der Waals surface area contributed by atoms with E-state index in [0.29, 0.717) is 17.9 Å². The molecule has 2 saturated carbocycles. The summed E-state index contributed by atoms with van der Waals surface area (Å²) in [5.41, 5.74) is -4.73. The van der Waals surface area contributed by atoms with Crippen molar-refractivity contribution < 1.29 is 48.6 Å². The first-order valence-corrected chi connectivity index (χ1v) is 15.0. The lowest BCUT2D eigenvalue weighted by molar-refractivity contribution is -0.274. The van der Waals surface area contributed by atoms with Crippen molar-refractivity contribution in [2.75, 3.05) is 13.3 Å². The molecule has 0 radical (unpaired) electrons. The van der Waals surface area contributed by atoms with E-state index in [0.717, 1.165) is 5.56 Å². The second-order valence-electron chi connectivity index (χ2n) is 12.7. The van der Waals surface area contributed by atoms with Crippen LogP contribution in [-0.4, -0.2) is 74.4 Å². The van der Waals surface area contributed by atoms with Crippen LogP contribution >= 0.6 is 7.92 Å². The Hall–Kier alpha value is -1.97. The van der Waals surface area contributed by atoms with Crippen LogP contribution in [-0.2, 0) is 23.8 Å². The number of fused-ring (bicyclic) bond motifs is 5. The Morgan fingerprint density at radius 3 is 2.62 bits per heavy atom. The fourth-order valence-electron chi connectivity index (χ4n) is 9.33. The van der Waals surface area contributed by atoms with Crippen LogP contribution in [0.2, 0.25) is 0 Å². The lowest BCUT2D eigenvalue weighted by Crippen LogP contribution is -2.76. The van der Waals surface area contributed by atoms with Crippen molar-refractivity contribution in [3.8, 4) is 0 Å². The molecule has 2 bridgehead atoms. The summed E-state index contributed by atoms with van der Waals surface area (Å²) in [5, 5.41) is 46.5. The standard InChI is InChI=1S/C28H37O10P/c1-14(29)38-27-13-25(3)17(11-18(30)35-5)26(27,4)39-9-7-24(2)16(20(39)21(32)28(27,34)23(25)33)10-19(31)37-22(24)15-6-8-36-12-15/h6,8,12,14,16-17,22-23,29,32-34H,7,9-11,13H2,1-5H3. The molecule has 1 aromatic rings. The van der Waals surface area contributed by atoms with E-state index < -0.39 is 77.4 Å². The number of hydrogen-bond acceptors (Lipinski definition) is 10. The number of hydrogen-bond donors (Lipinski definition) is 4. The summed E-state index contributed by atoms with van der Waals surface area (Å²) < 4.78 is 22.5.